The minimum atomic E-state index is -0.425. The van der Waals surface area contributed by atoms with Gasteiger partial charge in [0.1, 0.15) is 11.6 Å². The van der Waals surface area contributed by atoms with E-state index in [1.165, 1.54) is 6.07 Å². The van der Waals surface area contributed by atoms with Gasteiger partial charge in [-0.25, -0.2) is 8.78 Å². The van der Waals surface area contributed by atoms with Crippen molar-refractivity contribution in [1.82, 2.24) is 5.32 Å². The van der Waals surface area contributed by atoms with Crippen LogP contribution >= 0.6 is 31.9 Å². The first-order chi connectivity index (χ1) is 9.51. The molecule has 106 valence electrons. The predicted octanol–water partition coefficient (Wildman–Crippen LogP) is 4.99. The Kier molecular flexibility index (Phi) is 5.29. The largest absolute Gasteiger partial charge is 0.313 e. The Morgan fingerprint density at radius 2 is 1.85 bits per heavy atom. The number of halogens is 4. The maximum Gasteiger partial charge on any atom is 0.126 e. The number of benzene rings is 2. The normalized spacial score (nSPS) is 12.4. The van der Waals surface area contributed by atoms with Gasteiger partial charge in [-0.2, -0.15) is 0 Å². The van der Waals surface area contributed by atoms with Gasteiger partial charge in [0.25, 0.3) is 0 Å². The van der Waals surface area contributed by atoms with E-state index in [2.05, 4.69) is 37.2 Å². The van der Waals surface area contributed by atoms with E-state index in [9.17, 15) is 8.78 Å². The third-order valence-corrected chi connectivity index (χ3v) is 4.30. The van der Waals surface area contributed by atoms with Gasteiger partial charge in [-0.3, -0.25) is 0 Å². The van der Waals surface area contributed by atoms with E-state index < -0.39 is 5.82 Å². The van der Waals surface area contributed by atoms with Crippen LogP contribution in [0.5, 0.6) is 0 Å². The van der Waals surface area contributed by atoms with Crippen molar-refractivity contribution in [2.45, 2.75) is 12.5 Å². The molecule has 0 amide bonds. The van der Waals surface area contributed by atoms with Crippen LogP contribution in [0.1, 0.15) is 17.2 Å². The molecule has 20 heavy (non-hydrogen) atoms. The van der Waals surface area contributed by atoms with E-state index >= 15 is 0 Å². The predicted molar refractivity (Wildman–Crippen MR) is 83.7 cm³/mol. The van der Waals surface area contributed by atoms with Crippen LogP contribution in [-0.4, -0.2) is 7.05 Å². The van der Waals surface area contributed by atoms with Crippen LogP contribution in [0.25, 0.3) is 0 Å². The molecule has 1 N–H and O–H groups in total. The summed E-state index contributed by atoms with van der Waals surface area (Å²) in [6, 6.07) is 9.23. The number of rotatable bonds is 4. The molecule has 0 radical (unpaired) electrons. The van der Waals surface area contributed by atoms with E-state index in [1.54, 1.807) is 7.05 Å². The van der Waals surface area contributed by atoms with Gasteiger partial charge in [-0.1, -0.05) is 37.9 Å². The molecule has 1 unspecified atom stereocenters. The lowest BCUT2D eigenvalue weighted by Gasteiger charge is -2.19. The van der Waals surface area contributed by atoms with Crippen molar-refractivity contribution < 1.29 is 8.78 Å². The molecular weight excluding hydrogens is 392 g/mol. The summed E-state index contributed by atoms with van der Waals surface area (Å²) < 4.78 is 28.8. The van der Waals surface area contributed by atoms with Gasteiger partial charge in [0.2, 0.25) is 0 Å². The number of hydrogen-bond acceptors (Lipinski definition) is 1. The molecule has 5 heteroatoms. The van der Waals surface area contributed by atoms with Gasteiger partial charge >= 0.3 is 0 Å². The van der Waals surface area contributed by atoms with E-state index in [0.717, 1.165) is 26.6 Å². The fourth-order valence-electron chi connectivity index (χ4n) is 2.07. The summed E-state index contributed by atoms with van der Waals surface area (Å²) in [7, 11) is 1.80. The summed E-state index contributed by atoms with van der Waals surface area (Å²) in [6.07, 6.45) is 0.375. The first-order valence-electron chi connectivity index (χ1n) is 6.07. The van der Waals surface area contributed by atoms with Gasteiger partial charge in [0.15, 0.2) is 0 Å². The second kappa shape index (κ2) is 6.78. The van der Waals surface area contributed by atoms with Gasteiger partial charge in [0.05, 0.1) is 0 Å². The van der Waals surface area contributed by atoms with Crippen LogP contribution in [-0.2, 0) is 6.42 Å². The van der Waals surface area contributed by atoms with E-state index in [0.29, 0.717) is 12.0 Å². The van der Waals surface area contributed by atoms with Gasteiger partial charge in [-0.15, -0.1) is 0 Å². The molecule has 0 heterocycles. The molecule has 0 bridgehead atoms. The Hall–Kier alpha value is -0.780. The van der Waals surface area contributed by atoms with Crippen LogP contribution in [0.4, 0.5) is 8.78 Å². The Morgan fingerprint density at radius 3 is 2.50 bits per heavy atom. The molecule has 0 aromatic heterocycles. The van der Waals surface area contributed by atoms with Crippen molar-refractivity contribution in [3.05, 3.63) is 68.1 Å². The summed E-state index contributed by atoms with van der Waals surface area (Å²) in [6.45, 7) is 0. The average Bonchev–Trinajstić information content (AvgIpc) is 2.40. The Labute approximate surface area is 133 Å². The minimum absolute atomic E-state index is 0.103. The summed E-state index contributed by atoms with van der Waals surface area (Å²) in [4.78, 5) is 0. The van der Waals surface area contributed by atoms with Crippen molar-refractivity contribution in [3.63, 3.8) is 0 Å². The third-order valence-electron chi connectivity index (χ3n) is 3.12. The average molecular weight is 405 g/mol. The maximum absolute atomic E-state index is 13.7. The van der Waals surface area contributed by atoms with Gasteiger partial charge < -0.3 is 5.32 Å². The summed E-state index contributed by atoms with van der Waals surface area (Å²) in [5.74, 6) is -0.814. The Bertz CT molecular complexity index is 617. The topological polar surface area (TPSA) is 12.0 Å². The highest BCUT2D eigenvalue weighted by Crippen LogP contribution is 2.29. The van der Waals surface area contributed by atoms with E-state index in [4.69, 9.17) is 0 Å². The molecule has 0 aliphatic carbocycles. The van der Waals surface area contributed by atoms with Crippen molar-refractivity contribution in [3.8, 4) is 0 Å². The second-order valence-corrected chi connectivity index (χ2v) is 6.22. The molecule has 2 aromatic carbocycles. The first-order valence-corrected chi connectivity index (χ1v) is 7.66. The fraction of sp³-hybridized carbons (Fsp3) is 0.200. The molecule has 0 saturated carbocycles. The lowest BCUT2D eigenvalue weighted by Crippen LogP contribution is -2.20. The van der Waals surface area contributed by atoms with Crippen LogP contribution in [0.3, 0.4) is 0 Å². The molecule has 1 nitrogen and oxygen atoms in total. The SMILES string of the molecule is CNC(Cc1cc(F)ccc1F)c1ccc(Br)cc1Br. The number of likely N-dealkylation sites (N-methyl/N-ethyl adjacent to an activating group) is 1. The van der Waals surface area contributed by atoms with Crippen molar-refractivity contribution in [2.24, 2.45) is 0 Å². The Balaban J connectivity index is 2.31. The maximum atomic E-state index is 13.7. The summed E-state index contributed by atoms with van der Waals surface area (Å²) in [5, 5.41) is 3.14. The van der Waals surface area contributed by atoms with Gasteiger partial charge in [-0.05, 0) is 54.9 Å². The van der Waals surface area contributed by atoms with Crippen LogP contribution in [0.2, 0.25) is 0 Å². The molecular formula is C15H13Br2F2N. The van der Waals surface area contributed by atoms with Crippen molar-refractivity contribution in [2.75, 3.05) is 7.05 Å². The van der Waals surface area contributed by atoms with E-state index in [-0.39, 0.29) is 11.9 Å². The zero-order valence-electron chi connectivity index (χ0n) is 10.8. The zero-order valence-corrected chi connectivity index (χ0v) is 13.9. The minimum Gasteiger partial charge on any atom is -0.313 e. The second-order valence-electron chi connectivity index (χ2n) is 4.45. The molecule has 2 rings (SSSR count). The lowest BCUT2D eigenvalue weighted by atomic mass is 9.98. The van der Waals surface area contributed by atoms with Crippen LogP contribution in [0.15, 0.2) is 45.3 Å². The third kappa shape index (κ3) is 3.65. The summed E-state index contributed by atoms with van der Waals surface area (Å²) >= 11 is 6.89. The van der Waals surface area contributed by atoms with E-state index in [1.807, 2.05) is 18.2 Å². The monoisotopic (exact) mass is 403 g/mol. The highest BCUT2D eigenvalue weighted by Gasteiger charge is 2.16. The first kappa shape index (κ1) is 15.6. The molecule has 0 saturated heterocycles. The molecule has 0 aliphatic rings. The Morgan fingerprint density at radius 1 is 1.10 bits per heavy atom. The van der Waals surface area contributed by atoms with Gasteiger partial charge in [0, 0.05) is 15.0 Å². The lowest BCUT2D eigenvalue weighted by molar-refractivity contribution is 0.543. The number of nitrogens with one attached hydrogen (secondary N) is 1. The standard InChI is InChI=1S/C15H13Br2F2N/c1-20-15(12-4-2-10(16)8-13(12)17)7-9-6-11(18)3-5-14(9)19/h2-6,8,15,20H,7H2,1H3. The number of hydrogen-bond donors (Lipinski definition) is 1. The van der Waals surface area contributed by atoms with Crippen molar-refractivity contribution >= 4 is 31.9 Å². The van der Waals surface area contributed by atoms with Crippen LogP contribution < -0.4 is 5.32 Å². The fourth-order valence-corrected chi connectivity index (χ4v) is 3.39. The molecule has 0 fully saturated rings. The smallest absolute Gasteiger partial charge is 0.126 e. The molecule has 0 aliphatic heterocycles. The van der Waals surface area contributed by atoms with Crippen LogP contribution in [0, 0.1) is 11.6 Å². The summed E-state index contributed by atoms with van der Waals surface area (Å²) in [5.41, 5.74) is 1.36. The molecule has 0 spiro atoms. The highest BCUT2D eigenvalue weighted by molar-refractivity contribution is 9.11. The quantitative estimate of drug-likeness (QED) is 0.756. The molecule has 1 atom stereocenters. The van der Waals surface area contributed by atoms with Crippen molar-refractivity contribution in [1.29, 1.82) is 0 Å². The zero-order chi connectivity index (χ0) is 14.7. The highest BCUT2D eigenvalue weighted by atomic mass is 79.9. The molecule has 2 aromatic rings.